The normalized spacial score (nSPS) is 12.5. The predicted octanol–water partition coefficient (Wildman–Crippen LogP) is 5.75. The molecular formula is C20H22ClNO2. The molecule has 0 aromatic heterocycles. The van der Waals surface area contributed by atoms with Crippen molar-refractivity contribution in [2.45, 2.75) is 26.9 Å². The van der Waals surface area contributed by atoms with Crippen molar-refractivity contribution >= 4 is 17.8 Å². The molecule has 0 spiro atoms. The largest absolute Gasteiger partial charge is 0.480 e. The van der Waals surface area contributed by atoms with Gasteiger partial charge in [0.2, 0.25) is 0 Å². The van der Waals surface area contributed by atoms with Crippen LogP contribution >= 0.6 is 11.6 Å². The van der Waals surface area contributed by atoms with E-state index in [1.165, 1.54) is 0 Å². The number of ether oxygens (including phenoxy) is 1. The Morgan fingerprint density at radius 1 is 1.12 bits per heavy atom. The van der Waals surface area contributed by atoms with Crippen LogP contribution in [0.25, 0.3) is 0 Å². The highest BCUT2D eigenvalue weighted by Crippen LogP contribution is 2.18. The van der Waals surface area contributed by atoms with Gasteiger partial charge in [-0.05, 0) is 35.6 Å². The number of benzene rings is 2. The third kappa shape index (κ3) is 6.09. The second-order valence-electron chi connectivity index (χ2n) is 5.93. The van der Waals surface area contributed by atoms with Crippen molar-refractivity contribution in [1.82, 2.24) is 0 Å². The number of allylic oxidation sites excluding steroid dienone is 1. The second kappa shape index (κ2) is 9.14. The molecule has 0 saturated carbocycles. The molecule has 24 heavy (non-hydrogen) atoms. The SMILES string of the molecule is CC(C)C/C(N=Cc1ccc(Cl)cc1)=C(\O)OCc1ccccc1. The number of nitrogens with zero attached hydrogens (tertiary/aromatic N) is 1. The maximum Gasteiger partial charge on any atom is 0.299 e. The Bertz CT molecular complexity index is 691. The summed E-state index contributed by atoms with van der Waals surface area (Å²) in [6.45, 7) is 4.45. The van der Waals surface area contributed by atoms with Crippen molar-refractivity contribution in [2.75, 3.05) is 0 Å². The molecular weight excluding hydrogens is 322 g/mol. The van der Waals surface area contributed by atoms with E-state index < -0.39 is 0 Å². The number of hydrogen-bond donors (Lipinski definition) is 1. The fourth-order valence-electron chi connectivity index (χ4n) is 2.09. The molecule has 126 valence electrons. The van der Waals surface area contributed by atoms with E-state index in [1.807, 2.05) is 42.5 Å². The lowest BCUT2D eigenvalue weighted by molar-refractivity contribution is 0.0767. The first-order valence-electron chi connectivity index (χ1n) is 7.93. The summed E-state index contributed by atoms with van der Waals surface area (Å²) in [6, 6.07) is 17.1. The van der Waals surface area contributed by atoms with Crippen molar-refractivity contribution in [1.29, 1.82) is 0 Å². The number of rotatable bonds is 7. The minimum absolute atomic E-state index is 0.127. The van der Waals surface area contributed by atoms with Crippen molar-refractivity contribution in [3.8, 4) is 0 Å². The van der Waals surface area contributed by atoms with Gasteiger partial charge in [-0.15, -0.1) is 0 Å². The summed E-state index contributed by atoms with van der Waals surface area (Å²) in [5.41, 5.74) is 2.45. The maximum atomic E-state index is 10.3. The van der Waals surface area contributed by atoms with Gasteiger partial charge < -0.3 is 9.84 Å². The highest BCUT2D eigenvalue weighted by Gasteiger charge is 2.09. The zero-order chi connectivity index (χ0) is 17.4. The van der Waals surface area contributed by atoms with E-state index in [0.717, 1.165) is 11.1 Å². The zero-order valence-electron chi connectivity index (χ0n) is 13.9. The third-order valence-corrected chi connectivity index (χ3v) is 3.56. The van der Waals surface area contributed by atoms with Crippen molar-refractivity contribution in [3.63, 3.8) is 0 Å². The smallest absolute Gasteiger partial charge is 0.299 e. The number of aliphatic imine (C=N–C) groups is 1. The first-order chi connectivity index (χ1) is 11.5. The molecule has 0 fully saturated rings. The molecule has 0 aliphatic heterocycles. The summed E-state index contributed by atoms with van der Waals surface area (Å²) < 4.78 is 5.50. The number of aliphatic hydroxyl groups is 1. The Morgan fingerprint density at radius 2 is 1.79 bits per heavy atom. The van der Waals surface area contributed by atoms with Gasteiger partial charge in [0.15, 0.2) is 0 Å². The van der Waals surface area contributed by atoms with Crippen LogP contribution in [-0.2, 0) is 11.3 Å². The van der Waals surface area contributed by atoms with Gasteiger partial charge in [-0.1, -0.05) is 67.9 Å². The monoisotopic (exact) mass is 343 g/mol. The lowest BCUT2D eigenvalue weighted by Crippen LogP contribution is -2.00. The molecule has 3 nitrogen and oxygen atoms in total. The molecule has 0 atom stereocenters. The maximum absolute atomic E-state index is 10.3. The van der Waals surface area contributed by atoms with Gasteiger partial charge in [-0.25, -0.2) is 0 Å². The van der Waals surface area contributed by atoms with Gasteiger partial charge in [-0.3, -0.25) is 4.99 Å². The molecule has 2 aromatic carbocycles. The van der Waals surface area contributed by atoms with Gasteiger partial charge in [-0.2, -0.15) is 0 Å². The lowest BCUT2D eigenvalue weighted by atomic mass is 10.1. The fraction of sp³-hybridized carbons (Fsp3) is 0.250. The molecule has 0 unspecified atom stereocenters. The van der Waals surface area contributed by atoms with E-state index in [2.05, 4.69) is 18.8 Å². The molecule has 0 bridgehead atoms. The molecule has 0 radical (unpaired) electrons. The first-order valence-corrected chi connectivity index (χ1v) is 8.31. The average molecular weight is 344 g/mol. The average Bonchev–Trinajstić information content (AvgIpc) is 2.58. The molecule has 0 heterocycles. The van der Waals surface area contributed by atoms with Gasteiger partial charge in [0, 0.05) is 11.2 Å². The fourth-order valence-corrected chi connectivity index (χ4v) is 2.22. The van der Waals surface area contributed by atoms with Crippen LogP contribution in [0.2, 0.25) is 5.02 Å². The molecule has 2 aromatic rings. The van der Waals surface area contributed by atoms with E-state index in [-0.39, 0.29) is 5.95 Å². The van der Waals surface area contributed by atoms with Crippen LogP contribution < -0.4 is 0 Å². The molecule has 0 amide bonds. The standard InChI is InChI=1S/C20H22ClNO2/c1-15(2)12-19(22-13-16-8-10-18(21)11-9-16)20(23)24-14-17-6-4-3-5-7-17/h3-11,13,15,23H,12,14H2,1-2H3/b20-19-,22-13?. The van der Waals surface area contributed by atoms with E-state index in [9.17, 15) is 5.11 Å². The quantitative estimate of drug-likeness (QED) is 0.513. The Hall–Kier alpha value is -2.26. The lowest BCUT2D eigenvalue weighted by Gasteiger charge is -2.10. The minimum Gasteiger partial charge on any atom is -0.480 e. The van der Waals surface area contributed by atoms with E-state index in [4.69, 9.17) is 16.3 Å². The minimum atomic E-state index is -0.127. The van der Waals surface area contributed by atoms with Crippen LogP contribution in [0.5, 0.6) is 0 Å². The van der Waals surface area contributed by atoms with Crippen LogP contribution in [0.4, 0.5) is 0 Å². The molecule has 2 rings (SSSR count). The second-order valence-corrected chi connectivity index (χ2v) is 6.37. The van der Waals surface area contributed by atoms with Crippen molar-refractivity contribution in [2.24, 2.45) is 10.9 Å². The molecule has 0 saturated heterocycles. The molecule has 4 heteroatoms. The molecule has 0 aliphatic rings. The summed E-state index contributed by atoms with van der Waals surface area (Å²) in [6.07, 6.45) is 2.33. The van der Waals surface area contributed by atoms with Crippen LogP contribution in [0.3, 0.4) is 0 Å². The van der Waals surface area contributed by atoms with Crippen LogP contribution in [-0.4, -0.2) is 11.3 Å². The topological polar surface area (TPSA) is 41.8 Å². The molecule has 1 N–H and O–H groups in total. The van der Waals surface area contributed by atoms with Crippen molar-refractivity contribution in [3.05, 3.63) is 82.4 Å². The van der Waals surface area contributed by atoms with Crippen molar-refractivity contribution < 1.29 is 9.84 Å². The number of hydrogen-bond acceptors (Lipinski definition) is 3. The van der Waals surface area contributed by atoms with E-state index >= 15 is 0 Å². The van der Waals surface area contributed by atoms with Crippen LogP contribution in [0, 0.1) is 5.92 Å². The molecule has 0 aliphatic carbocycles. The number of aliphatic hydroxyl groups excluding tert-OH is 1. The Labute approximate surface area is 148 Å². The van der Waals surface area contributed by atoms with Gasteiger partial charge in [0.05, 0.1) is 0 Å². The highest BCUT2D eigenvalue weighted by atomic mass is 35.5. The van der Waals surface area contributed by atoms with Gasteiger partial charge in [0.1, 0.15) is 12.3 Å². The van der Waals surface area contributed by atoms with Gasteiger partial charge >= 0.3 is 0 Å². The van der Waals surface area contributed by atoms with Gasteiger partial charge in [0.25, 0.3) is 5.95 Å². The summed E-state index contributed by atoms with van der Waals surface area (Å²) in [4.78, 5) is 4.41. The summed E-state index contributed by atoms with van der Waals surface area (Å²) in [5.74, 6) is 0.225. The zero-order valence-corrected chi connectivity index (χ0v) is 14.7. The van der Waals surface area contributed by atoms with E-state index in [1.54, 1.807) is 18.3 Å². The summed E-state index contributed by atoms with van der Waals surface area (Å²) in [5, 5.41) is 10.9. The van der Waals surface area contributed by atoms with E-state index in [0.29, 0.717) is 29.7 Å². The Morgan fingerprint density at radius 3 is 2.42 bits per heavy atom. The van der Waals surface area contributed by atoms with Crippen LogP contribution in [0.15, 0.2) is 71.2 Å². The summed E-state index contributed by atoms with van der Waals surface area (Å²) in [7, 11) is 0. The number of halogens is 1. The predicted molar refractivity (Wildman–Crippen MR) is 99.4 cm³/mol. The third-order valence-electron chi connectivity index (χ3n) is 3.31. The summed E-state index contributed by atoms with van der Waals surface area (Å²) >= 11 is 5.88. The Kier molecular flexibility index (Phi) is 6.89. The first kappa shape index (κ1) is 18.1. The van der Waals surface area contributed by atoms with Crippen LogP contribution in [0.1, 0.15) is 31.4 Å². The Balaban J connectivity index is 2.11. The highest BCUT2D eigenvalue weighted by molar-refractivity contribution is 6.30.